The highest BCUT2D eigenvalue weighted by Crippen LogP contribution is 2.23. The Morgan fingerprint density at radius 3 is 2.28 bits per heavy atom. The number of ether oxygens (including phenoxy) is 1. The van der Waals surface area contributed by atoms with Crippen LogP contribution in [-0.4, -0.2) is 18.4 Å². The molecule has 1 atom stereocenters. The monoisotopic (exact) mass is 408 g/mol. The molecule has 3 N–H and O–H groups in total. The van der Waals surface area contributed by atoms with Gasteiger partial charge in [-0.3, -0.25) is 9.59 Å². The van der Waals surface area contributed by atoms with E-state index in [0.717, 1.165) is 11.1 Å². The van der Waals surface area contributed by atoms with Crippen molar-refractivity contribution in [2.75, 3.05) is 6.61 Å². The van der Waals surface area contributed by atoms with Gasteiger partial charge < -0.3 is 15.8 Å². The zero-order valence-electron chi connectivity index (χ0n) is 15.7. The molecule has 0 fully saturated rings. The van der Waals surface area contributed by atoms with Gasteiger partial charge in [0.15, 0.2) is 6.61 Å². The number of nitrogens with one attached hydrogen (secondary N) is 1. The maximum Gasteiger partial charge on any atom is 0.258 e. The second-order valence-electron chi connectivity index (χ2n) is 6.51. The number of benzene rings is 3. The molecule has 0 bridgehead atoms. The molecular formula is C23H21ClN2O3. The highest BCUT2D eigenvalue weighted by atomic mass is 35.5. The zero-order valence-corrected chi connectivity index (χ0v) is 16.4. The highest BCUT2D eigenvalue weighted by molar-refractivity contribution is 6.31. The summed E-state index contributed by atoms with van der Waals surface area (Å²) in [5, 5.41) is 3.37. The van der Waals surface area contributed by atoms with Crippen LogP contribution < -0.4 is 15.8 Å². The average Bonchev–Trinajstić information content (AvgIpc) is 2.73. The normalized spacial score (nSPS) is 11.5. The zero-order chi connectivity index (χ0) is 20.6. The van der Waals surface area contributed by atoms with Crippen LogP contribution in [0.3, 0.4) is 0 Å². The number of carbonyl (C=O) groups is 2. The standard InChI is InChI=1S/C23H21ClN2O3/c24-18-11-12-21(19(14-18)23(25)28)29-15-22(27)26-20(17-9-5-2-6-10-17)13-16-7-3-1-4-8-16/h1-12,14,20H,13,15H2,(H2,25,28)(H,26,27)/t20-/m0/s1. The van der Waals surface area contributed by atoms with Gasteiger partial charge in [0.05, 0.1) is 11.6 Å². The Hall–Kier alpha value is -3.31. The molecule has 29 heavy (non-hydrogen) atoms. The van der Waals surface area contributed by atoms with Crippen molar-refractivity contribution in [1.82, 2.24) is 5.32 Å². The maximum absolute atomic E-state index is 12.6. The fourth-order valence-corrected chi connectivity index (χ4v) is 3.16. The van der Waals surface area contributed by atoms with E-state index in [1.54, 1.807) is 6.07 Å². The van der Waals surface area contributed by atoms with Crippen LogP contribution in [0, 0.1) is 0 Å². The minimum Gasteiger partial charge on any atom is -0.483 e. The molecule has 5 nitrogen and oxygen atoms in total. The summed E-state index contributed by atoms with van der Waals surface area (Å²) in [7, 11) is 0. The minimum absolute atomic E-state index is 0.134. The van der Waals surface area contributed by atoms with Crippen LogP contribution in [-0.2, 0) is 11.2 Å². The van der Waals surface area contributed by atoms with E-state index in [0.29, 0.717) is 11.4 Å². The van der Waals surface area contributed by atoms with E-state index >= 15 is 0 Å². The summed E-state index contributed by atoms with van der Waals surface area (Å²) in [5.74, 6) is -0.759. The molecule has 0 aromatic heterocycles. The smallest absolute Gasteiger partial charge is 0.258 e. The summed E-state index contributed by atoms with van der Waals surface area (Å²) in [6.45, 7) is -0.250. The summed E-state index contributed by atoms with van der Waals surface area (Å²) >= 11 is 5.89. The van der Waals surface area contributed by atoms with Crippen molar-refractivity contribution in [3.63, 3.8) is 0 Å². The summed E-state index contributed by atoms with van der Waals surface area (Å²) in [5.41, 5.74) is 7.59. The third kappa shape index (κ3) is 5.83. The van der Waals surface area contributed by atoms with Gasteiger partial charge in [-0.1, -0.05) is 72.3 Å². The van der Waals surface area contributed by atoms with E-state index in [9.17, 15) is 9.59 Å². The average molecular weight is 409 g/mol. The van der Waals surface area contributed by atoms with E-state index in [1.807, 2.05) is 60.7 Å². The predicted molar refractivity (Wildman–Crippen MR) is 113 cm³/mol. The number of halogens is 1. The summed E-state index contributed by atoms with van der Waals surface area (Å²) < 4.78 is 5.53. The number of amides is 2. The molecule has 2 amide bonds. The van der Waals surface area contributed by atoms with E-state index in [-0.39, 0.29) is 29.9 Å². The van der Waals surface area contributed by atoms with Crippen molar-refractivity contribution in [2.45, 2.75) is 12.5 Å². The third-order valence-electron chi connectivity index (χ3n) is 4.39. The second kappa shape index (κ2) is 9.75. The Bertz CT molecular complexity index is 978. The van der Waals surface area contributed by atoms with Crippen LogP contribution in [0.1, 0.15) is 27.5 Å². The lowest BCUT2D eigenvalue weighted by atomic mass is 9.99. The van der Waals surface area contributed by atoms with Gasteiger partial charge in [0.25, 0.3) is 11.8 Å². The first kappa shape index (κ1) is 20.4. The molecule has 3 rings (SSSR count). The van der Waals surface area contributed by atoms with E-state index < -0.39 is 5.91 Å². The molecule has 0 saturated heterocycles. The molecule has 0 heterocycles. The van der Waals surface area contributed by atoms with Crippen molar-refractivity contribution in [3.05, 3.63) is 101 Å². The van der Waals surface area contributed by atoms with E-state index in [1.165, 1.54) is 12.1 Å². The largest absolute Gasteiger partial charge is 0.483 e. The lowest BCUT2D eigenvalue weighted by molar-refractivity contribution is -0.123. The fraction of sp³-hybridized carbons (Fsp3) is 0.130. The molecule has 148 valence electrons. The first-order valence-electron chi connectivity index (χ1n) is 9.13. The van der Waals surface area contributed by atoms with Crippen molar-refractivity contribution < 1.29 is 14.3 Å². The molecule has 0 aliphatic heterocycles. The Balaban J connectivity index is 1.70. The van der Waals surface area contributed by atoms with Crippen LogP contribution in [0.2, 0.25) is 5.02 Å². The van der Waals surface area contributed by atoms with Crippen molar-refractivity contribution in [1.29, 1.82) is 0 Å². The Labute approximate surface area is 174 Å². The number of nitrogens with two attached hydrogens (primary N) is 1. The minimum atomic E-state index is -0.672. The summed E-state index contributed by atoms with van der Waals surface area (Å²) in [6, 6.07) is 24.0. The van der Waals surface area contributed by atoms with Crippen molar-refractivity contribution >= 4 is 23.4 Å². The highest BCUT2D eigenvalue weighted by Gasteiger charge is 2.17. The second-order valence-corrected chi connectivity index (χ2v) is 6.95. The van der Waals surface area contributed by atoms with Gasteiger partial charge in [-0.05, 0) is 35.7 Å². The molecule has 6 heteroatoms. The van der Waals surface area contributed by atoms with Gasteiger partial charge in [-0.25, -0.2) is 0 Å². The predicted octanol–water partition coefficient (Wildman–Crippen LogP) is 3.92. The van der Waals surface area contributed by atoms with Crippen LogP contribution >= 0.6 is 11.6 Å². The number of primary amides is 1. The molecular weight excluding hydrogens is 388 g/mol. The van der Waals surface area contributed by atoms with Gasteiger partial charge in [0.1, 0.15) is 5.75 Å². The van der Waals surface area contributed by atoms with Crippen LogP contribution in [0.15, 0.2) is 78.9 Å². The SMILES string of the molecule is NC(=O)c1cc(Cl)ccc1OCC(=O)N[C@@H](Cc1ccccc1)c1ccccc1. The Morgan fingerprint density at radius 2 is 1.62 bits per heavy atom. The van der Waals surface area contributed by atoms with Gasteiger partial charge in [0.2, 0.25) is 0 Å². The third-order valence-corrected chi connectivity index (χ3v) is 4.62. The molecule has 0 aliphatic rings. The summed E-state index contributed by atoms with van der Waals surface area (Å²) in [4.78, 5) is 24.1. The van der Waals surface area contributed by atoms with Crippen LogP contribution in [0.5, 0.6) is 5.75 Å². The van der Waals surface area contributed by atoms with Gasteiger partial charge >= 0.3 is 0 Å². The van der Waals surface area contributed by atoms with Crippen LogP contribution in [0.25, 0.3) is 0 Å². The molecule has 0 saturated carbocycles. The van der Waals surface area contributed by atoms with Gasteiger partial charge in [-0.15, -0.1) is 0 Å². The topological polar surface area (TPSA) is 81.4 Å². The molecule has 0 unspecified atom stereocenters. The quantitative estimate of drug-likeness (QED) is 0.592. The Morgan fingerprint density at radius 1 is 0.966 bits per heavy atom. The molecule has 0 aliphatic carbocycles. The molecule has 3 aromatic rings. The first-order chi connectivity index (χ1) is 14.0. The maximum atomic E-state index is 12.6. The number of carbonyl (C=O) groups excluding carboxylic acids is 2. The number of hydrogen-bond acceptors (Lipinski definition) is 3. The van der Waals surface area contributed by atoms with Gasteiger partial charge in [0, 0.05) is 5.02 Å². The fourth-order valence-electron chi connectivity index (χ4n) is 2.99. The van der Waals surface area contributed by atoms with Crippen molar-refractivity contribution in [3.8, 4) is 5.75 Å². The Kier molecular flexibility index (Phi) is 6.87. The molecule has 3 aromatic carbocycles. The lowest BCUT2D eigenvalue weighted by Gasteiger charge is -2.20. The molecule has 0 radical (unpaired) electrons. The number of hydrogen-bond donors (Lipinski definition) is 2. The van der Waals surface area contributed by atoms with Crippen molar-refractivity contribution in [2.24, 2.45) is 5.73 Å². The van der Waals surface area contributed by atoms with Crippen LogP contribution in [0.4, 0.5) is 0 Å². The van der Waals surface area contributed by atoms with E-state index in [4.69, 9.17) is 22.1 Å². The van der Waals surface area contributed by atoms with E-state index in [2.05, 4.69) is 5.32 Å². The molecule has 0 spiro atoms. The van der Waals surface area contributed by atoms with Gasteiger partial charge in [-0.2, -0.15) is 0 Å². The number of rotatable bonds is 8. The lowest BCUT2D eigenvalue weighted by Crippen LogP contribution is -2.34. The summed E-state index contributed by atoms with van der Waals surface area (Å²) in [6.07, 6.45) is 0.643. The first-order valence-corrected chi connectivity index (χ1v) is 9.51.